The molecule has 0 aromatic heterocycles. The molecule has 26 heavy (non-hydrogen) atoms. The number of rotatable bonds is 3. The molecule has 3 aliphatic carbocycles. The molecule has 0 radical (unpaired) electrons. The predicted octanol–water partition coefficient (Wildman–Crippen LogP) is 3.76. The Balaban J connectivity index is 1.64. The van der Waals surface area contributed by atoms with E-state index in [1.807, 2.05) is 24.3 Å². The summed E-state index contributed by atoms with van der Waals surface area (Å²) in [5.41, 5.74) is 1.42. The van der Waals surface area contributed by atoms with Crippen molar-refractivity contribution in [3.05, 3.63) is 35.4 Å². The Hall–Kier alpha value is -1.84. The molecular weight excluding hydrogens is 324 g/mol. The molecule has 4 heteroatoms. The molecule has 3 fully saturated rings. The number of fused-ring (bicyclic) bond motifs is 1. The average Bonchev–Trinajstić information content (AvgIpc) is 3.10. The van der Waals surface area contributed by atoms with Gasteiger partial charge in [0.1, 0.15) is 0 Å². The highest BCUT2D eigenvalue weighted by atomic mass is 16.2. The molecule has 3 saturated carbocycles. The lowest BCUT2D eigenvalue weighted by Crippen LogP contribution is -2.63. The molecule has 1 aliphatic heterocycles. The highest BCUT2D eigenvalue weighted by Crippen LogP contribution is 2.52. The Kier molecular flexibility index (Phi) is 3.84. The minimum atomic E-state index is -0.306. The number of nitrogens with zero attached hydrogens (tertiary/aromatic N) is 1. The molecule has 0 unspecified atom stereocenters. The highest BCUT2D eigenvalue weighted by molar-refractivity contribution is 6.02. The van der Waals surface area contributed by atoms with Gasteiger partial charge < -0.3 is 10.2 Å². The Morgan fingerprint density at radius 3 is 2.38 bits per heavy atom. The van der Waals surface area contributed by atoms with E-state index in [4.69, 9.17) is 0 Å². The number of carbonyl (C=O) groups is 2. The van der Waals surface area contributed by atoms with Gasteiger partial charge in [-0.2, -0.15) is 0 Å². The van der Waals surface area contributed by atoms with Crippen LogP contribution in [-0.2, 0) is 4.79 Å². The van der Waals surface area contributed by atoms with Crippen LogP contribution in [0.5, 0.6) is 0 Å². The first-order valence-corrected chi connectivity index (χ1v) is 10.4. The van der Waals surface area contributed by atoms with Crippen molar-refractivity contribution in [3.8, 4) is 0 Å². The first-order chi connectivity index (χ1) is 12.7. The molecule has 5 rings (SSSR count). The molecule has 1 aromatic rings. The Bertz CT molecular complexity index is 727. The van der Waals surface area contributed by atoms with E-state index in [-0.39, 0.29) is 23.3 Å². The first kappa shape index (κ1) is 16.3. The largest absolute Gasteiger partial charge is 0.353 e. The van der Waals surface area contributed by atoms with Gasteiger partial charge in [-0.3, -0.25) is 9.59 Å². The summed E-state index contributed by atoms with van der Waals surface area (Å²) in [4.78, 5) is 29.2. The fraction of sp³-hybridized carbons (Fsp3) is 0.636. The van der Waals surface area contributed by atoms with Crippen LogP contribution in [0.25, 0.3) is 0 Å². The maximum absolute atomic E-state index is 13.6. The summed E-state index contributed by atoms with van der Waals surface area (Å²) in [6, 6.07) is 8.54. The van der Waals surface area contributed by atoms with Crippen molar-refractivity contribution in [2.75, 3.05) is 0 Å². The van der Waals surface area contributed by atoms with E-state index in [0.717, 1.165) is 62.5 Å². The molecule has 1 aromatic carbocycles. The highest BCUT2D eigenvalue weighted by Gasteiger charge is 2.57. The van der Waals surface area contributed by atoms with Gasteiger partial charge in [-0.1, -0.05) is 43.9 Å². The second kappa shape index (κ2) is 6.11. The Morgan fingerprint density at radius 2 is 1.69 bits per heavy atom. The molecule has 4 nitrogen and oxygen atoms in total. The zero-order valence-electron chi connectivity index (χ0n) is 15.4. The Morgan fingerprint density at radius 1 is 1.00 bits per heavy atom. The normalized spacial score (nSPS) is 27.8. The van der Waals surface area contributed by atoms with Gasteiger partial charge >= 0.3 is 0 Å². The molecule has 4 aliphatic rings. The first-order valence-electron chi connectivity index (χ1n) is 10.4. The van der Waals surface area contributed by atoms with Crippen LogP contribution in [0.15, 0.2) is 24.3 Å². The van der Waals surface area contributed by atoms with Gasteiger partial charge in [0.15, 0.2) is 0 Å². The molecule has 0 saturated heterocycles. The fourth-order valence-corrected chi connectivity index (χ4v) is 5.81. The molecule has 2 amide bonds. The van der Waals surface area contributed by atoms with Crippen LogP contribution in [-0.4, -0.2) is 34.3 Å². The van der Waals surface area contributed by atoms with E-state index in [1.165, 1.54) is 12.8 Å². The van der Waals surface area contributed by atoms with Crippen LogP contribution >= 0.6 is 0 Å². The molecule has 1 atom stereocenters. The van der Waals surface area contributed by atoms with Crippen molar-refractivity contribution in [2.24, 2.45) is 0 Å². The van der Waals surface area contributed by atoms with Crippen molar-refractivity contribution in [3.63, 3.8) is 0 Å². The van der Waals surface area contributed by atoms with Gasteiger partial charge in [-0.25, -0.2) is 0 Å². The quantitative estimate of drug-likeness (QED) is 0.900. The summed E-state index contributed by atoms with van der Waals surface area (Å²) in [6.07, 6.45) is 10.9. The third kappa shape index (κ3) is 2.41. The lowest BCUT2D eigenvalue weighted by molar-refractivity contribution is -0.127. The van der Waals surface area contributed by atoms with Gasteiger partial charge in [-0.05, 0) is 50.2 Å². The lowest BCUT2D eigenvalue weighted by atomic mass is 9.70. The van der Waals surface area contributed by atoms with Gasteiger partial charge in [0.2, 0.25) is 5.91 Å². The topological polar surface area (TPSA) is 49.4 Å². The van der Waals surface area contributed by atoms with Crippen molar-refractivity contribution < 1.29 is 9.59 Å². The third-order valence-corrected chi connectivity index (χ3v) is 7.08. The van der Waals surface area contributed by atoms with Crippen molar-refractivity contribution >= 4 is 11.8 Å². The lowest BCUT2D eigenvalue weighted by Gasteiger charge is -2.52. The molecule has 1 heterocycles. The zero-order chi connectivity index (χ0) is 17.7. The maximum atomic E-state index is 13.6. The van der Waals surface area contributed by atoms with E-state index in [1.54, 1.807) is 0 Å². The van der Waals surface area contributed by atoms with Crippen LogP contribution in [0, 0.1) is 0 Å². The van der Waals surface area contributed by atoms with E-state index in [2.05, 4.69) is 10.2 Å². The predicted molar refractivity (Wildman–Crippen MR) is 100.0 cm³/mol. The Labute approximate surface area is 155 Å². The summed E-state index contributed by atoms with van der Waals surface area (Å²) < 4.78 is 0. The molecule has 1 N–H and O–H groups in total. The van der Waals surface area contributed by atoms with Gasteiger partial charge in [0.05, 0.1) is 11.5 Å². The number of hydrogen-bond acceptors (Lipinski definition) is 2. The van der Waals surface area contributed by atoms with Crippen LogP contribution in [0.1, 0.15) is 86.0 Å². The summed E-state index contributed by atoms with van der Waals surface area (Å²) in [5, 5.41) is 3.26. The van der Waals surface area contributed by atoms with Crippen LogP contribution in [0.3, 0.4) is 0 Å². The molecule has 138 valence electrons. The molecular formula is C22H28N2O2. The SMILES string of the molecule is O=C(NC1CC1)[C@@H]1c2ccccc2C(=O)N(C2CCCC2)C12CCCC2. The van der Waals surface area contributed by atoms with Crippen molar-refractivity contribution in [1.82, 2.24) is 10.2 Å². The number of hydrogen-bond donors (Lipinski definition) is 1. The van der Waals surface area contributed by atoms with Crippen LogP contribution in [0.4, 0.5) is 0 Å². The summed E-state index contributed by atoms with van der Waals surface area (Å²) in [7, 11) is 0. The van der Waals surface area contributed by atoms with E-state index in [9.17, 15) is 9.59 Å². The minimum Gasteiger partial charge on any atom is -0.353 e. The minimum absolute atomic E-state index is 0.150. The van der Waals surface area contributed by atoms with Gasteiger partial charge in [0, 0.05) is 17.6 Å². The standard InChI is InChI=1S/C22H28N2O2/c25-20(23-15-11-12-15)19-17-9-3-4-10-18(17)21(26)24(16-7-1-2-8-16)22(19)13-5-6-14-22/h3-4,9-10,15-16,19H,1-2,5-8,11-14H2,(H,23,25)/t19-/m0/s1. The van der Waals surface area contributed by atoms with Gasteiger partial charge in [-0.15, -0.1) is 0 Å². The summed E-state index contributed by atoms with van der Waals surface area (Å²) >= 11 is 0. The molecule has 0 bridgehead atoms. The maximum Gasteiger partial charge on any atom is 0.254 e. The van der Waals surface area contributed by atoms with E-state index >= 15 is 0 Å². The average molecular weight is 352 g/mol. The van der Waals surface area contributed by atoms with E-state index in [0.29, 0.717) is 12.1 Å². The smallest absolute Gasteiger partial charge is 0.254 e. The summed E-state index contributed by atoms with van der Waals surface area (Å²) in [6.45, 7) is 0. The van der Waals surface area contributed by atoms with Crippen LogP contribution < -0.4 is 5.32 Å². The fourth-order valence-electron chi connectivity index (χ4n) is 5.81. The second-order valence-electron chi connectivity index (χ2n) is 8.73. The number of benzene rings is 1. The number of amides is 2. The number of carbonyl (C=O) groups excluding carboxylic acids is 2. The third-order valence-electron chi connectivity index (χ3n) is 7.08. The van der Waals surface area contributed by atoms with Gasteiger partial charge in [0.25, 0.3) is 5.91 Å². The zero-order valence-corrected chi connectivity index (χ0v) is 15.4. The molecule has 1 spiro atoms. The summed E-state index contributed by atoms with van der Waals surface area (Å²) in [5.74, 6) is 0.113. The van der Waals surface area contributed by atoms with Crippen molar-refractivity contribution in [1.29, 1.82) is 0 Å². The van der Waals surface area contributed by atoms with Crippen molar-refractivity contribution in [2.45, 2.75) is 87.7 Å². The monoisotopic (exact) mass is 352 g/mol. The second-order valence-corrected chi connectivity index (χ2v) is 8.73. The van der Waals surface area contributed by atoms with Crippen LogP contribution in [0.2, 0.25) is 0 Å². The number of nitrogens with one attached hydrogen (secondary N) is 1. The van der Waals surface area contributed by atoms with E-state index < -0.39 is 0 Å².